The molecule has 0 spiro atoms. The van der Waals surface area contributed by atoms with Crippen LogP contribution in [0.4, 0.5) is 11.6 Å². The monoisotopic (exact) mass is 477 g/mol. The average Bonchev–Trinajstić information content (AvgIpc) is 3.35. The molecule has 1 aromatic carbocycles. The predicted octanol–water partition coefficient (Wildman–Crippen LogP) is 4.65. The Balaban J connectivity index is 1.51. The number of hydrogen-bond acceptors (Lipinski definition) is 7. The molecule has 1 amide bonds. The molecule has 3 heterocycles. The summed E-state index contributed by atoms with van der Waals surface area (Å²) in [5.74, 6) is 0.600. The first-order valence-corrected chi connectivity index (χ1v) is 11.0. The highest BCUT2D eigenvalue weighted by Crippen LogP contribution is 2.30. The van der Waals surface area contributed by atoms with Crippen LogP contribution in [0, 0.1) is 0 Å². The molecular weight excluding hydrogens is 454 g/mol. The van der Waals surface area contributed by atoms with Crippen LogP contribution in [-0.2, 0) is 6.54 Å². The summed E-state index contributed by atoms with van der Waals surface area (Å²) in [4.78, 5) is 25.4. The zero-order chi connectivity index (χ0) is 24.1. The summed E-state index contributed by atoms with van der Waals surface area (Å²) < 4.78 is 7.33. The van der Waals surface area contributed by atoms with E-state index < -0.39 is 0 Å². The van der Waals surface area contributed by atoms with Gasteiger partial charge in [-0.3, -0.25) is 14.5 Å². The Morgan fingerprint density at radius 2 is 1.97 bits per heavy atom. The third-order valence-corrected chi connectivity index (χ3v) is 5.34. The SMILES string of the molecule is COc1cc(C(=O)NCc2ccncc2)ccc1Nc1ncc(Cl)c(-c2cnn(C(C)C)c2)n1. The van der Waals surface area contributed by atoms with E-state index in [0.29, 0.717) is 40.2 Å². The second-order valence-corrected chi connectivity index (χ2v) is 8.18. The smallest absolute Gasteiger partial charge is 0.251 e. The van der Waals surface area contributed by atoms with Crippen molar-refractivity contribution in [1.29, 1.82) is 0 Å². The van der Waals surface area contributed by atoms with E-state index in [1.165, 1.54) is 13.3 Å². The Morgan fingerprint density at radius 3 is 2.68 bits per heavy atom. The van der Waals surface area contributed by atoms with Crippen molar-refractivity contribution in [2.75, 3.05) is 12.4 Å². The van der Waals surface area contributed by atoms with E-state index in [4.69, 9.17) is 16.3 Å². The summed E-state index contributed by atoms with van der Waals surface area (Å²) >= 11 is 6.35. The van der Waals surface area contributed by atoms with E-state index in [1.807, 2.05) is 36.9 Å². The van der Waals surface area contributed by atoms with Crippen molar-refractivity contribution < 1.29 is 9.53 Å². The molecule has 0 atom stereocenters. The number of halogens is 1. The fourth-order valence-electron chi connectivity index (χ4n) is 3.21. The van der Waals surface area contributed by atoms with Crippen LogP contribution in [-0.4, -0.2) is 37.7 Å². The summed E-state index contributed by atoms with van der Waals surface area (Å²) in [6, 6.07) is 9.03. The topological polar surface area (TPSA) is 107 Å². The standard InChI is InChI=1S/C24H24ClN7O2/c1-15(2)32-14-18(12-29-32)22-19(25)13-28-24(31-22)30-20-5-4-17(10-21(20)34-3)23(33)27-11-16-6-8-26-9-7-16/h4-10,12-15H,11H2,1-3H3,(H,27,33)(H,28,30,31). The van der Waals surface area contributed by atoms with Crippen LogP contribution in [0.15, 0.2) is 61.3 Å². The van der Waals surface area contributed by atoms with Gasteiger partial charge in [0, 0.05) is 42.3 Å². The minimum atomic E-state index is -0.214. The Bertz CT molecular complexity index is 1290. The van der Waals surface area contributed by atoms with E-state index in [1.54, 1.807) is 36.8 Å². The molecule has 0 saturated carbocycles. The van der Waals surface area contributed by atoms with Gasteiger partial charge in [-0.25, -0.2) is 9.97 Å². The van der Waals surface area contributed by atoms with Crippen molar-refractivity contribution in [3.05, 3.63) is 77.5 Å². The Morgan fingerprint density at radius 1 is 1.18 bits per heavy atom. The summed E-state index contributed by atoms with van der Waals surface area (Å²) in [6.45, 7) is 4.49. The number of nitrogens with zero attached hydrogens (tertiary/aromatic N) is 5. The van der Waals surface area contributed by atoms with Gasteiger partial charge in [-0.15, -0.1) is 0 Å². The third kappa shape index (κ3) is 5.32. The van der Waals surface area contributed by atoms with Crippen LogP contribution in [0.2, 0.25) is 5.02 Å². The van der Waals surface area contributed by atoms with E-state index in [-0.39, 0.29) is 11.9 Å². The molecule has 0 fully saturated rings. The number of pyridine rings is 1. The van der Waals surface area contributed by atoms with Crippen molar-refractivity contribution in [2.45, 2.75) is 26.4 Å². The quantitative estimate of drug-likeness (QED) is 0.380. The molecule has 4 rings (SSSR count). The molecule has 0 aliphatic heterocycles. The van der Waals surface area contributed by atoms with Crippen LogP contribution in [0.3, 0.4) is 0 Å². The van der Waals surface area contributed by atoms with Crippen molar-refractivity contribution >= 4 is 29.1 Å². The summed E-state index contributed by atoms with van der Waals surface area (Å²) in [6.07, 6.45) is 8.52. The number of carbonyl (C=O) groups excluding carboxylic acids is 1. The van der Waals surface area contributed by atoms with Gasteiger partial charge in [0.05, 0.1) is 35.9 Å². The van der Waals surface area contributed by atoms with Crippen molar-refractivity contribution in [1.82, 2.24) is 30.0 Å². The number of anilines is 2. The molecule has 0 saturated heterocycles. The number of methoxy groups -OCH3 is 1. The fraction of sp³-hybridized carbons (Fsp3) is 0.208. The molecule has 0 unspecified atom stereocenters. The van der Waals surface area contributed by atoms with E-state index in [0.717, 1.165) is 11.1 Å². The van der Waals surface area contributed by atoms with E-state index in [2.05, 4.69) is 30.7 Å². The lowest BCUT2D eigenvalue weighted by molar-refractivity contribution is 0.0950. The summed E-state index contributed by atoms with van der Waals surface area (Å²) in [5.41, 5.74) is 3.40. The molecular formula is C24H24ClN7O2. The molecule has 3 aromatic heterocycles. The number of amides is 1. The van der Waals surface area contributed by atoms with E-state index in [9.17, 15) is 4.79 Å². The van der Waals surface area contributed by atoms with Crippen LogP contribution in [0.1, 0.15) is 35.8 Å². The number of nitrogens with one attached hydrogen (secondary N) is 2. The number of carbonyl (C=O) groups is 1. The molecule has 2 N–H and O–H groups in total. The van der Waals surface area contributed by atoms with Gasteiger partial charge in [-0.2, -0.15) is 5.10 Å². The summed E-state index contributed by atoms with van der Waals surface area (Å²) in [7, 11) is 1.54. The molecule has 4 aromatic rings. The normalized spacial score (nSPS) is 10.9. The number of aromatic nitrogens is 5. The van der Waals surface area contributed by atoms with Gasteiger partial charge < -0.3 is 15.4 Å². The van der Waals surface area contributed by atoms with E-state index >= 15 is 0 Å². The van der Waals surface area contributed by atoms with Crippen molar-refractivity contribution in [2.24, 2.45) is 0 Å². The molecule has 0 aliphatic rings. The molecule has 0 aliphatic carbocycles. The first-order valence-electron chi connectivity index (χ1n) is 10.6. The highest BCUT2D eigenvalue weighted by Gasteiger charge is 2.14. The van der Waals surface area contributed by atoms with Crippen LogP contribution < -0.4 is 15.4 Å². The lowest BCUT2D eigenvalue weighted by atomic mass is 10.1. The largest absolute Gasteiger partial charge is 0.495 e. The Labute approximate surface area is 202 Å². The molecule has 10 heteroatoms. The van der Waals surface area contributed by atoms with Crippen LogP contribution in [0.5, 0.6) is 5.75 Å². The number of benzene rings is 1. The van der Waals surface area contributed by atoms with Crippen LogP contribution >= 0.6 is 11.6 Å². The van der Waals surface area contributed by atoms with Gasteiger partial charge in [0.15, 0.2) is 0 Å². The highest BCUT2D eigenvalue weighted by molar-refractivity contribution is 6.32. The summed E-state index contributed by atoms with van der Waals surface area (Å²) in [5, 5.41) is 10.8. The molecule has 34 heavy (non-hydrogen) atoms. The zero-order valence-electron chi connectivity index (χ0n) is 19.0. The van der Waals surface area contributed by atoms with Crippen molar-refractivity contribution in [3.8, 4) is 17.0 Å². The van der Waals surface area contributed by atoms with Gasteiger partial charge in [0.25, 0.3) is 5.91 Å². The Kier molecular flexibility index (Phi) is 7.03. The third-order valence-electron chi connectivity index (χ3n) is 5.06. The van der Waals surface area contributed by atoms with Crippen molar-refractivity contribution in [3.63, 3.8) is 0 Å². The second kappa shape index (κ2) is 10.3. The number of ether oxygens (including phenoxy) is 1. The molecule has 174 valence electrons. The minimum absolute atomic E-state index is 0.214. The maximum Gasteiger partial charge on any atom is 0.251 e. The van der Waals surface area contributed by atoms with Gasteiger partial charge in [0.1, 0.15) is 5.75 Å². The second-order valence-electron chi connectivity index (χ2n) is 7.77. The van der Waals surface area contributed by atoms with Gasteiger partial charge in [-0.05, 0) is 49.7 Å². The van der Waals surface area contributed by atoms with Gasteiger partial charge in [0.2, 0.25) is 5.95 Å². The Hall–Kier alpha value is -3.98. The first kappa shape index (κ1) is 23.2. The highest BCUT2D eigenvalue weighted by atomic mass is 35.5. The number of rotatable bonds is 8. The molecule has 9 nitrogen and oxygen atoms in total. The van der Waals surface area contributed by atoms with Gasteiger partial charge in [-0.1, -0.05) is 11.6 Å². The lowest BCUT2D eigenvalue weighted by Crippen LogP contribution is -2.22. The molecule has 0 bridgehead atoms. The molecule has 0 radical (unpaired) electrons. The van der Waals surface area contributed by atoms with Crippen LogP contribution in [0.25, 0.3) is 11.3 Å². The maximum absolute atomic E-state index is 12.6. The van der Waals surface area contributed by atoms with Gasteiger partial charge >= 0.3 is 0 Å². The predicted molar refractivity (Wildman–Crippen MR) is 130 cm³/mol. The first-order chi connectivity index (χ1) is 16.4. The zero-order valence-corrected chi connectivity index (χ0v) is 19.7. The minimum Gasteiger partial charge on any atom is -0.495 e. The maximum atomic E-state index is 12.6. The average molecular weight is 478 g/mol. The fourth-order valence-corrected chi connectivity index (χ4v) is 3.41. The number of hydrogen-bond donors (Lipinski definition) is 2. The lowest BCUT2D eigenvalue weighted by Gasteiger charge is -2.13.